The molecule has 7 nitrogen and oxygen atoms in total. The maximum absolute atomic E-state index is 11.3. The first-order chi connectivity index (χ1) is 8.99. The highest BCUT2D eigenvalue weighted by molar-refractivity contribution is 5.94. The fourth-order valence-electron chi connectivity index (χ4n) is 1.73. The van der Waals surface area contributed by atoms with Crippen LogP contribution in [-0.4, -0.2) is 31.1 Å². The van der Waals surface area contributed by atoms with E-state index in [1.165, 1.54) is 0 Å². The molecule has 2 heterocycles. The topological polar surface area (TPSA) is 92.9 Å². The largest absolute Gasteiger partial charge is 0.478 e. The van der Waals surface area contributed by atoms with Gasteiger partial charge in [0.15, 0.2) is 5.82 Å². The van der Waals surface area contributed by atoms with Crippen molar-refractivity contribution < 1.29 is 9.90 Å². The number of carbonyl (C=O) groups is 1. The average Bonchev–Trinajstić information content (AvgIpc) is 2.76. The van der Waals surface area contributed by atoms with Gasteiger partial charge < -0.3 is 10.4 Å². The molecule has 0 aliphatic carbocycles. The van der Waals surface area contributed by atoms with Gasteiger partial charge in [0, 0.05) is 13.2 Å². The minimum atomic E-state index is -1.01. The van der Waals surface area contributed by atoms with Crippen LogP contribution in [0.5, 0.6) is 0 Å². The molecule has 0 fully saturated rings. The maximum atomic E-state index is 11.3. The van der Waals surface area contributed by atoms with Crippen LogP contribution in [0.15, 0.2) is 12.3 Å². The molecule has 0 radical (unpaired) electrons. The average molecular weight is 261 g/mol. The number of aryl methyl sites for hydroxylation is 2. The molecule has 2 rings (SSSR count). The van der Waals surface area contributed by atoms with E-state index in [0.717, 1.165) is 5.69 Å². The second-order valence-electron chi connectivity index (χ2n) is 4.27. The predicted octanol–water partition coefficient (Wildman–Crippen LogP) is 1.14. The van der Waals surface area contributed by atoms with Gasteiger partial charge in [0.05, 0.1) is 17.9 Å². The highest BCUT2D eigenvalue weighted by Crippen LogP contribution is 2.18. The van der Waals surface area contributed by atoms with Crippen LogP contribution < -0.4 is 5.32 Å². The van der Waals surface area contributed by atoms with Crippen molar-refractivity contribution in [2.75, 3.05) is 5.32 Å². The monoisotopic (exact) mass is 261 g/mol. The number of hydrogen-bond donors (Lipinski definition) is 2. The van der Waals surface area contributed by atoms with E-state index in [2.05, 4.69) is 20.6 Å². The number of aromatic nitrogens is 4. The van der Waals surface area contributed by atoms with E-state index >= 15 is 0 Å². The van der Waals surface area contributed by atoms with Crippen LogP contribution in [0.3, 0.4) is 0 Å². The van der Waals surface area contributed by atoms with Gasteiger partial charge >= 0.3 is 5.97 Å². The van der Waals surface area contributed by atoms with Crippen molar-refractivity contribution in [3.63, 3.8) is 0 Å². The summed E-state index contributed by atoms with van der Waals surface area (Å²) < 4.78 is 1.68. The number of aromatic carboxylic acids is 1. The van der Waals surface area contributed by atoms with Gasteiger partial charge in [0.2, 0.25) is 0 Å². The Kier molecular flexibility index (Phi) is 3.46. The third kappa shape index (κ3) is 2.70. The van der Waals surface area contributed by atoms with Crippen molar-refractivity contribution >= 4 is 11.8 Å². The molecule has 100 valence electrons. The highest BCUT2D eigenvalue weighted by atomic mass is 16.4. The van der Waals surface area contributed by atoms with Crippen molar-refractivity contribution in [1.29, 1.82) is 0 Å². The molecule has 0 aliphatic rings. The Morgan fingerprint density at radius 3 is 2.74 bits per heavy atom. The van der Waals surface area contributed by atoms with Gasteiger partial charge in [-0.05, 0) is 25.5 Å². The summed E-state index contributed by atoms with van der Waals surface area (Å²) in [6.07, 6.45) is 1.82. The summed E-state index contributed by atoms with van der Waals surface area (Å²) in [6, 6.07) is 1.85. The first-order valence-electron chi connectivity index (χ1n) is 5.78. The van der Waals surface area contributed by atoms with Crippen LogP contribution in [0, 0.1) is 13.8 Å². The molecule has 2 aromatic rings. The highest BCUT2D eigenvalue weighted by Gasteiger charge is 2.17. The van der Waals surface area contributed by atoms with Crippen molar-refractivity contribution in [3.8, 4) is 0 Å². The second-order valence-corrected chi connectivity index (χ2v) is 4.27. The minimum Gasteiger partial charge on any atom is -0.478 e. The normalized spacial score (nSPS) is 10.5. The molecular weight excluding hydrogens is 246 g/mol. The predicted molar refractivity (Wildman–Crippen MR) is 69.0 cm³/mol. The van der Waals surface area contributed by atoms with E-state index in [1.54, 1.807) is 18.5 Å². The third-order valence-corrected chi connectivity index (χ3v) is 2.87. The molecule has 0 unspecified atom stereocenters. The SMILES string of the molecule is Cc1nnc(NCc2ccn(C)n2)c(C(=O)O)c1C. The molecule has 0 aromatic carbocycles. The summed E-state index contributed by atoms with van der Waals surface area (Å²) in [5, 5.41) is 24.2. The van der Waals surface area contributed by atoms with E-state index in [9.17, 15) is 9.90 Å². The molecule has 0 bridgehead atoms. The number of anilines is 1. The standard InChI is InChI=1S/C12H15N5O2/c1-7-8(2)14-15-11(10(7)12(18)19)13-6-9-4-5-17(3)16-9/h4-5H,6H2,1-3H3,(H,13,15)(H,18,19). The zero-order valence-corrected chi connectivity index (χ0v) is 11.0. The van der Waals surface area contributed by atoms with Crippen molar-refractivity contribution in [1.82, 2.24) is 20.0 Å². The number of carboxylic acid groups (broad SMARTS) is 1. The zero-order chi connectivity index (χ0) is 14.0. The van der Waals surface area contributed by atoms with Gasteiger partial charge in [-0.25, -0.2) is 4.79 Å². The van der Waals surface area contributed by atoms with Crippen molar-refractivity contribution in [3.05, 3.63) is 34.8 Å². The summed E-state index contributed by atoms with van der Waals surface area (Å²) in [5.74, 6) is -0.750. The lowest BCUT2D eigenvalue weighted by Crippen LogP contribution is -2.13. The zero-order valence-electron chi connectivity index (χ0n) is 11.0. The van der Waals surface area contributed by atoms with Crippen LogP contribution in [0.4, 0.5) is 5.82 Å². The summed E-state index contributed by atoms with van der Waals surface area (Å²) in [7, 11) is 1.82. The summed E-state index contributed by atoms with van der Waals surface area (Å²) in [5.41, 5.74) is 2.19. The maximum Gasteiger partial charge on any atom is 0.339 e. The van der Waals surface area contributed by atoms with Crippen LogP contribution >= 0.6 is 0 Å². The number of nitrogens with zero attached hydrogens (tertiary/aromatic N) is 4. The molecule has 0 atom stereocenters. The molecule has 0 amide bonds. The Labute approximate surface area is 110 Å². The van der Waals surface area contributed by atoms with Crippen LogP contribution in [-0.2, 0) is 13.6 Å². The van der Waals surface area contributed by atoms with Gasteiger partial charge in [-0.1, -0.05) is 0 Å². The fourth-order valence-corrected chi connectivity index (χ4v) is 1.73. The number of hydrogen-bond acceptors (Lipinski definition) is 5. The van der Waals surface area contributed by atoms with E-state index in [4.69, 9.17) is 0 Å². The van der Waals surface area contributed by atoms with E-state index in [1.807, 2.05) is 19.3 Å². The Bertz CT molecular complexity index is 621. The smallest absolute Gasteiger partial charge is 0.339 e. The number of nitrogens with one attached hydrogen (secondary N) is 1. The molecule has 19 heavy (non-hydrogen) atoms. The summed E-state index contributed by atoms with van der Waals surface area (Å²) in [4.78, 5) is 11.3. The van der Waals surface area contributed by atoms with E-state index in [-0.39, 0.29) is 11.4 Å². The molecule has 0 aliphatic heterocycles. The van der Waals surface area contributed by atoms with Crippen molar-refractivity contribution in [2.45, 2.75) is 20.4 Å². The lowest BCUT2D eigenvalue weighted by Gasteiger charge is -2.10. The van der Waals surface area contributed by atoms with Crippen molar-refractivity contribution in [2.24, 2.45) is 7.05 Å². The van der Waals surface area contributed by atoms with Crippen LogP contribution in [0.25, 0.3) is 0 Å². The molecule has 2 N–H and O–H groups in total. The Morgan fingerprint density at radius 1 is 1.42 bits per heavy atom. The quantitative estimate of drug-likeness (QED) is 0.857. The molecule has 7 heteroatoms. The Balaban J connectivity index is 2.25. The number of rotatable bonds is 4. The molecule has 0 spiro atoms. The molecule has 0 saturated carbocycles. The summed E-state index contributed by atoms with van der Waals surface area (Å²) >= 11 is 0. The van der Waals surface area contributed by atoms with Crippen LogP contribution in [0.1, 0.15) is 27.3 Å². The van der Waals surface area contributed by atoms with Crippen LogP contribution in [0.2, 0.25) is 0 Å². The second kappa shape index (κ2) is 5.05. The fraction of sp³-hybridized carbons (Fsp3) is 0.333. The van der Waals surface area contributed by atoms with Gasteiger partial charge in [-0.15, -0.1) is 5.10 Å². The minimum absolute atomic E-state index is 0.156. The Hall–Kier alpha value is -2.44. The van der Waals surface area contributed by atoms with E-state index < -0.39 is 5.97 Å². The van der Waals surface area contributed by atoms with Gasteiger partial charge in [-0.3, -0.25) is 4.68 Å². The van der Waals surface area contributed by atoms with Gasteiger partial charge in [-0.2, -0.15) is 10.2 Å². The lowest BCUT2D eigenvalue weighted by atomic mass is 10.1. The molecular formula is C12H15N5O2. The first-order valence-corrected chi connectivity index (χ1v) is 5.78. The Morgan fingerprint density at radius 2 is 2.16 bits per heavy atom. The van der Waals surface area contributed by atoms with Gasteiger partial charge in [0.25, 0.3) is 0 Å². The first kappa shape index (κ1) is 13.0. The lowest BCUT2D eigenvalue weighted by molar-refractivity contribution is 0.0696. The third-order valence-electron chi connectivity index (χ3n) is 2.87. The molecule has 0 saturated heterocycles. The number of carboxylic acids is 1. The van der Waals surface area contributed by atoms with E-state index in [0.29, 0.717) is 17.8 Å². The summed E-state index contributed by atoms with van der Waals surface area (Å²) in [6.45, 7) is 3.86. The molecule has 2 aromatic heterocycles. The van der Waals surface area contributed by atoms with Gasteiger partial charge in [0.1, 0.15) is 5.56 Å².